The van der Waals surface area contributed by atoms with Gasteiger partial charge in [-0.1, -0.05) is 0 Å². The largest absolute Gasteiger partial charge is 0.490 e. The summed E-state index contributed by atoms with van der Waals surface area (Å²) < 4.78 is 24.5. The molecule has 1 aliphatic rings. The molecule has 8 heteroatoms. The maximum absolute atomic E-state index is 13.1. The highest BCUT2D eigenvalue weighted by Gasteiger charge is 2.34. The van der Waals surface area contributed by atoms with Crippen LogP contribution in [0.5, 0.6) is 11.5 Å². The number of carboxylic acids is 1. The van der Waals surface area contributed by atoms with Gasteiger partial charge in [0, 0.05) is 12.2 Å². The summed E-state index contributed by atoms with van der Waals surface area (Å²) in [4.78, 5) is 26.0. The summed E-state index contributed by atoms with van der Waals surface area (Å²) in [7, 11) is 0. The first-order chi connectivity index (χ1) is 14.4. The standard InChI is InChI=1S/C22H25FN2O5/c1-3-29-19-11-14-9-10-25(22(28)24-16-7-5-15(23)6-8-16)18(13-21(26)27)17(14)12-20(19)30-4-2/h5-8,11-12,18H,3-4,9-10,13H2,1-2H3,(H,24,28)(H,26,27)/t18-/m0/s1. The molecule has 7 nitrogen and oxygen atoms in total. The van der Waals surface area contributed by atoms with Crippen LogP contribution in [0.1, 0.15) is 37.4 Å². The number of ether oxygens (including phenoxy) is 2. The third-order valence-corrected chi connectivity index (χ3v) is 4.89. The van der Waals surface area contributed by atoms with Crippen LogP contribution in [0, 0.1) is 5.82 Å². The molecule has 1 aliphatic heterocycles. The Morgan fingerprint density at radius 3 is 2.37 bits per heavy atom. The molecule has 0 aliphatic carbocycles. The van der Waals surface area contributed by atoms with Gasteiger partial charge >= 0.3 is 12.0 Å². The number of urea groups is 1. The van der Waals surface area contributed by atoms with Crippen LogP contribution >= 0.6 is 0 Å². The van der Waals surface area contributed by atoms with Crippen LogP contribution in [0.2, 0.25) is 0 Å². The van der Waals surface area contributed by atoms with Crippen molar-refractivity contribution in [1.29, 1.82) is 0 Å². The first kappa shape index (κ1) is 21.4. The van der Waals surface area contributed by atoms with Crippen LogP contribution in [0.25, 0.3) is 0 Å². The Morgan fingerprint density at radius 1 is 1.13 bits per heavy atom. The number of fused-ring (bicyclic) bond motifs is 1. The van der Waals surface area contributed by atoms with E-state index in [9.17, 15) is 19.1 Å². The van der Waals surface area contributed by atoms with Crippen molar-refractivity contribution in [2.75, 3.05) is 25.1 Å². The number of carbonyl (C=O) groups is 2. The van der Waals surface area contributed by atoms with Crippen LogP contribution in [0.4, 0.5) is 14.9 Å². The highest BCUT2D eigenvalue weighted by atomic mass is 19.1. The molecule has 0 aromatic heterocycles. The zero-order valence-corrected chi connectivity index (χ0v) is 17.0. The SMILES string of the molecule is CCOc1cc2c(cc1OCC)[C@H](CC(=O)O)N(C(=O)Nc1ccc(F)cc1)CC2. The van der Waals surface area contributed by atoms with Crippen LogP contribution in [0.15, 0.2) is 36.4 Å². The molecule has 160 valence electrons. The maximum atomic E-state index is 13.1. The van der Waals surface area contributed by atoms with E-state index in [4.69, 9.17) is 9.47 Å². The lowest BCUT2D eigenvalue weighted by molar-refractivity contribution is -0.138. The summed E-state index contributed by atoms with van der Waals surface area (Å²) in [6.07, 6.45) is 0.304. The van der Waals surface area contributed by atoms with Gasteiger partial charge < -0.3 is 24.8 Å². The van der Waals surface area contributed by atoms with E-state index in [0.717, 1.165) is 11.1 Å². The van der Waals surface area contributed by atoms with Crippen molar-refractivity contribution in [3.63, 3.8) is 0 Å². The van der Waals surface area contributed by atoms with E-state index < -0.39 is 23.9 Å². The molecular weight excluding hydrogens is 391 g/mol. The molecule has 0 saturated carbocycles. The number of aliphatic carboxylic acids is 1. The number of halogens is 1. The molecule has 2 N–H and O–H groups in total. The van der Waals surface area contributed by atoms with Gasteiger partial charge in [0.2, 0.25) is 0 Å². The topological polar surface area (TPSA) is 88.1 Å². The molecule has 2 aromatic rings. The van der Waals surface area contributed by atoms with Gasteiger partial charge in [0.15, 0.2) is 11.5 Å². The molecule has 0 radical (unpaired) electrons. The highest BCUT2D eigenvalue weighted by Crippen LogP contribution is 2.40. The van der Waals surface area contributed by atoms with Crippen molar-refractivity contribution in [3.05, 3.63) is 53.3 Å². The first-order valence-corrected chi connectivity index (χ1v) is 9.90. The maximum Gasteiger partial charge on any atom is 0.322 e. The molecule has 2 aromatic carbocycles. The number of nitrogens with one attached hydrogen (secondary N) is 1. The lowest BCUT2D eigenvalue weighted by Crippen LogP contribution is -2.43. The van der Waals surface area contributed by atoms with Gasteiger partial charge in [-0.05, 0) is 67.8 Å². The minimum Gasteiger partial charge on any atom is -0.490 e. The number of carboxylic acid groups (broad SMARTS) is 1. The molecule has 3 rings (SSSR count). The molecule has 0 saturated heterocycles. The fourth-order valence-corrected chi connectivity index (χ4v) is 3.60. The van der Waals surface area contributed by atoms with Gasteiger partial charge in [-0.25, -0.2) is 9.18 Å². The summed E-state index contributed by atoms with van der Waals surface area (Å²) in [6, 6.07) is 7.95. The second kappa shape index (κ2) is 9.47. The van der Waals surface area contributed by atoms with Crippen LogP contribution < -0.4 is 14.8 Å². The molecule has 0 spiro atoms. The summed E-state index contributed by atoms with van der Waals surface area (Å²) in [5, 5.41) is 12.2. The fourth-order valence-electron chi connectivity index (χ4n) is 3.60. The minimum absolute atomic E-state index is 0.247. The van der Waals surface area contributed by atoms with Crippen molar-refractivity contribution in [2.24, 2.45) is 0 Å². The number of amides is 2. The lowest BCUT2D eigenvalue weighted by atomic mass is 9.90. The molecule has 1 heterocycles. The fraction of sp³-hybridized carbons (Fsp3) is 0.364. The van der Waals surface area contributed by atoms with Gasteiger partial charge in [-0.15, -0.1) is 0 Å². The van der Waals surface area contributed by atoms with Crippen LogP contribution in [-0.2, 0) is 11.2 Å². The van der Waals surface area contributed by atoms with Gasteiger partial charge in [0.05, 0.1) is 25.7 Å². The first-order valence-electron chi connectivity index (χ1n) is 9.90. The van der Waals surface area contributed by atoms with Crippen molar-refractivity contribution in [3.8, 4) is 11.5 Å². The Bertz CT molecular complexity index is 916. The average Bonchev–Trinajstić information content (AvgIpc) is 2.70. The molecule has 1 atom stereocenters. The number of hydrogen-bond acceptors (Lipinski definition) is 4. The summed E-state index contributed by atoms with van der Waals surface area (Å²) in [5.41, 5.74) is 2.09. The Hall–Kier alpha value is -3.29. The highest BCUT2D eigenvalue weighted by molar-refractivity contribution is 5.90. The average molecular weight is 416 g/mol. The molecule has 0 bridgehead atoms. The third-order valence-electron chi connectivity index (χ3n) is 4.89. The Balaban J connectivity index is 1.93. The second-order valence-corrected chi connectivity index (χ2v) is 6.86. The summed E-state index contributed by atoms with van der Waals surface area (Å²) in [5.74, 6) is -0.290. The monoisotopic (exact) mass is 416 g/mol. The predicted octanol–water partition coefficient (Wildman–Crippen LogP) is 4.23. The second-order valence-electron chi connectivity index (χ2n) is 6.86. The Morgan fingerprint density at radius 2 is 1.77 bits per heavy atom. The van der Waals surface area contributed by atoms with Crippen molar-refractivity contribution < 1.29 is 28.6 Å². The quantitative estimate of drug-likeness (QED) is 0.705. The molecule has 30 heavy (non-hydrogen) atoms. The zero-order chi connectivity index (χ0) is 21.7. The molecule has 2 amide bonds. The van der Waals surface area contributed by atoms with E-state index in [1.807, 2.05) is 19.9 Å². The van der Waals surface area contributed by atoms with Gasteiger partial charge in [0.25, 0.3) is 0 Å². The number of rotatable bonds is 7. The predicted molar refractivity (Wildman–Crippen MR) is 110 cm³/mol. The van der Waals surface area contributed by atoms with E-state index in [0.29, 0.717) is 43.4 Å². The number of carbonyl (C=O) groups excluding carboxylic acids is 1. The summed E-state index contributed by atoms with van der Waals surface area (Å²) >= 11 is 0. The molecular formula is C22H25FN2O5. The van der Waals surface area contributed by atoms with E-state index >= 15 is 0 Å². The van der Waals surface area contributed by atoms with Crippen molar-refractivity contribution in [1.82, 2.24) is 4.90 Å². The van der Waals surface area contributed by atoms with Gasteiger partial charge in [0.1, 0.15) is 5.82 Å². The van der Waals surface area contributed by atoms with E-state index in [2.05, 4.69) is 5.32 Å². The van der Waals surface area contributed by atoms with E-state index in [-0.39, 0.29) is 6.42 Å². The Labute approximate surface area is 174 Å². The number of hydrogen-bond donors (Lipinski definition) is 2. The summed E-state index contributed by atoms with van der Waals surface area (Å²) in [6.45, 7) is 4.98. The van der Waals surface area contributed by atoms with Gasteiger partial charge in [-0.3, -0.25) is 4.79 Å². The molecule has 0 unspecified atom stereocenters. The van der Waals surface area contributed by atoms with Crippen molar-refractivity contribution in [2.45, 2.75) is 32.7 Å². The normalized spacial score (nSPS) is 15.3. The molecule has 0 fully saturated rings. The van der Waals surface area contributed by atoms with Crippen molar-refractivity contribution >= 4 is 17.7 Å². The zero-order valence-electron chi connectivity index (χ0n) is 17.0. The number of benzene rings is 2. The third kappa shape index (κ3) is 4.82. The van der Waals surface area contributed by atoms with Gasteiger partial charge in [-0.2, -0.15) is 0 Å². The lowest BCUT2D eigenvalue weighted by Gasteiger charge is -2.37. The smallest absolute Gasteiger partial charge is 0.322 e. The van der Waals surface area contributed by atoms with Crippen LogP contribution in [-0.4, -0.2) is 41.8 Å². The number of nitrogens with zero attached hydrogens (tertiary/aromatic N) is 1. The van der Waals surface area contributed by atoms with E-state index in [1.165, 1.54) is 29.2 Å². The number of anilines is 1. The Kier molecular flexibility index (Phi) is 6.76. The van der Waals surface area contributed by atoms with E-state index in [1.54, 1.807) is 6.07 Å². The minimum atomic E-state index is -1.01. The van der Waals surface area contributed by atoms with Crippen LogP contribution in [0.3, 0.4) is 0 Å².